The second kappa shape index (κ2) is 9.70. The predicted octanol–water partition coefficient (Wildman–Crippen LogP) is 1.01. The van der Waals surface area contributed by atoms with E-state index in [2.05, 4.69) is 28.2 Å². The Balaban J connectivity index is 3.63. The Bertz CT molecular complexity index is 192. The third-order valence-corrected chi connectivity index (χ3v) is 3.96. The molecular weight excluding hydrogens is 236 g/mol. The number of hydrogen-bond donors (Lipinski definition) is 2. The van der Waals surface area contributed by atoms with Gasteiger partial charge in [-0.2, -0.15) is 0 Å². The molecule has 0 radical (unpaired) electrons. The Labute approximate surface area is 120 Å². The van der Waals surface area contributed by atoms with E-state index >= 15 is 0 Å². The van der Waals surface area contributed by atoms with Crippen molar-refractivity contribution in [1.82, 2.24) is 0 Å². The Kier molecular flexibility index (Phi) is 9.62. The fourth-order valence-electron chi connectivity index (χ4n) is 2.52. The third-order valence-electron chi connectivity index (χ3n) is 3.96. The second-order valence-corrected chi connectivity index (χ2v) is 7.11. The number of nitrogens with zero attached hydrogens (tertiary/aromatic N) is 2. The maximum atomic E-state index is 5.58. The topological polar surface area (TPSA) is 52.0 Å². The Morgan fingerprint density at radius 3 is 1.16 bits per heavy atom. The minimum atomic E-state index is 0.814. The molecule has 0 saturated heterocycles. The third kappa shape index (κ3) is 11.4. The van der Waals surface area contributed by atoms with E-state index in [0.717, 1.165) is 34.9 Å². The van der Waals surface area contributed by atoms with Crippen molar-refractivity contribution in [1.29, 1.82) is 0 Å². The van der Waals surface area contributed by atoms with E-state index in [1.165, 1.54) is 45.4 Å². The van der Waals surface area contributed by atoms with Crippen LogP contribution >= 0.6 is 0 Å². The zero-order chi connectivity index (χ0) is 14.8. The predicted molar refractivity (Wildman–Crippen MR) is 84.9 cm³/mol. The summed E-state index contributed by atoms with van der Waals surface area (Å²) >= 11 is 0. The summed E-state index contributed by atoms with van der Waals surface area (Å²) in [5.74, 6) is 0. The molecule has 0 fully saturated rings. The average molecular weight is 274 g/mol. The quantitative estimate of drug-likeness (QED) is 0.412. The van der Waals surface area contributed by atoms with Crippen molar-refractivity contribution in [2.75, 3.05) is 67.5 Å². The van der Waals surface area contributed by atoms with Crippen LogP contribution in [0.25, 0.3) is 0 Å². The maximum Gasteiger partial charge on any atom is 0.0794 e. The molecule has 0 unspecified atom stereocenters. The molecule has 0 aromatic carbocycles. The minimum absolute atomic E-state index is 0.814. The van der Waals surface area contributed by atoms with Crippen molar-refractivity contribution in [3.8, 4) is 0 Å². The monoisotopic (exact) mass is 274 g/mol. The first-order valence-corrected chi connectivity index (χ1v) is 7.87. The van der Waals surface area contributed by atoms with Gasteiger partial charge >= 0.3 is 0 Å². The zero-order valence-electron chi connectivity index (χ0n) is 13.8. The molecule has 0 bridgehead atoms. The molecule has 0 rings (SSSR count). The molecule has 4 N–H and O–H groups in total. The molecule has 0 aliphatic carbocycles. The molecular formula is C15H38N4+2. The summed E-state index contributed by atoms with van der Waals surface area (Å²) in [5.41, 5.74) is 11.2. The van der Waals surface area contributed by atoms with Crippen LogP contribution in [0.5, 0.6) is 0 Å². The summed E-state index contributed by atoms with van der Waals surface area (Å²) in [6, 6.07) is 0. The van der Waals surface area contributed by atoms with Crippen LogP contribution in [0.1, 0.15) is 32.1 Å². The van der Waals surface area contributed by atoms with Crippen molar-refractivity contribution in [2.45, 2.75) is 32.1 Å². The van der Waals surface area contributed by atoms with Gasteiger partial charge in [-0.25, -0.2) is 0 Å². The fraction of sp³-hybridized carbons (Fsp3) is 1.00. The molecule has 0 spiro atoms. The molecule has 0 aromatic rings. The second-order valence-electron chi connectivity index (χ2n) is 7.11. The van der Waals surface area contributed by atoms with Crippen LogP contribution in [-0.4, -0.2) is 76.4 Å². The van der Waals surface area contributed by atoms with Gasteiger partial charge < -0.3 is 20.4 Å². The first-order chi connectivity index (χ1) is 8.83. The lowest BCUT2D eigenvalue weighted by Gasteiger charge is -2.31. The largest absolute Gasteiger partial charge is 0.330 e. The first-order valence-electron chi connectivity index (χ1n) is 7.87. The van der Waals surface area contributed by atoms with Gasteiger partial charge in [0.05, 0.1) is 54.4 Å². The summed E-state index contributed by atoms with van der Waals surface area (Å²) in [7, 11) is 9.27. The summed E-state index contributed by atoms with van der Waals surface area (Å²) in [5, 5.41) is 0. The van der Waals surface area contributed by atoms with E-state index in [0.29, 0.717) is 0 Å². The van der Waals surface area contributed by atoms with Gasteiger partial charge in [0.2, 0.25) is 0 Å². The van der Waals surface area contributed by atoms with Crippen LogP contribution in [-0.2, 0) is 0 Å². The van der Waals surface area contributed by atoms with Gasteiger partial charge in [-0.3, -0.25) is 0 Å². The zero-order valence-corrected chi connectivity index (χ0v) is 13.8. The molecule has 4 nitrogen and oxygen atoms in total. The van der Waals surface area contributed by atoms with Crippen LogP contribution in [0.2, 0.25) is 0 Å². The highest BCUT2D eigenvalue weighted by molar-refractivity contribution is 4.45. The van der Waals surface area contributed by atoms with Gasteiger partial charge in [0.1, 0.15) is 0 Å². The first kappa shape index (κ1) is 18.8. The maximum absolute atomic E-state index is 5.58. The summed E-state index contributed by atoms with van der Waals surface area (Å²) < 4.78 is 2.23. The number of hydrogen-bond acceptors (Lipinski definition) is 2. The lowest BCUT2D eigenvalue weighted by Crippen LogP contribution is -2.43. The number of nitrogens with two attached hydrogens (primary N) is 2. The molecule has 4 heteroatoms. The highest BCUT2D eigenvalue weighted by Gasteiger charge is 2.15. The molecule has 0 amide bonds. The van der Waals surface area contributed by atoms with Crippen LogP contribution in [0.4, 0.5) is 0 Å². The summed E-state index contributed by atoms with van der Waals surface area (Å²) in [4.78, 5) is 0. The lowest BCUT2D eigenvalue weighted by molar-refractivity contribution is -0.892. The summed E-state index contributed by atoms with van der Waals surface area (Å²) in [6.45, 7) is 6.58. The highest BCUT2D eigenvalue weighted by atomic mass is 15.3. The molecule has 0 heterocycles. The molecule has 0 aromatic heterocycles. The van der Waals surface area contributed by atoms with Gasteiger partial charge in [0, 0.05) is 12.8 Å². The standard InChI is InChI=1S/C15H38N4/c1-18(2,14-8-10-16)12-6-5-7-13-19(3,4)15-9-11-17/h5-17H2,1-4H3/q+2. The lowest BCUT2D eigenvalue weighted by atomic mass is 10.2. The number of quaternary nitrogens is 2. The van der Waals surface area contributed by atoms with Crippen LogP contribution in [0.3, 0.4) is 0 Å². The van der Waals surface area contributed by atoms with Crippen molar-refractivity contribution in [3.63, 3.8) is 0 Å². The van der Waals surface area contributed by atoms with E-state index in [1.807, 2.05) is 0 Å². The number of unbranched alkanes of at least 4 members (excludes halogenated alkanes) is 2. The molecule has 116 valence electrons. The molecule has 19 heavy (non-hydrogen) atoms. The van der Waals surface area contributed by atoms with Crippen LogP contribution in [0.15, 0.2) is 0 Å². The molecule has 0 atom stereocenters. The van der Waals surface area contributed by atoms with E-state index in [1.54, 1.807) is 0 Å². The van der Waals surface area contributed by atoms with Gasteiger partial charge in [0.15, 0.2) is 0 Å². The van der Waals surface area contributed by atoms with Crippen LogP contribution in [0, 0.1) is 0 Å². The van der Waals surface area contributed by atoms with E-state index in [-0.39, 0.29) is 0 Å². The Morgan fingerprint density at radius 1 is 0.526 bits per heavy atom. The smallest absolute Gasteiger partial charge is 0.0794 e. The van der Waals surface area contributed by atoms with Crippen LogP contribution < -0.4 is 11.5 Å². The van der Waals surface area contributed by atoms with Gasteiger partial charge in [-0.15, -0.1) is 0 Å². The van der Waals surface area contributed by atoms with Crippen molar-refractivity contribution < 1.29 is 8.97 Å². The molecule has 0 saturated carbocycles. The SMILES string of the molecule is C[N+](C)(CCCN)CCCCC[N+](C)(C)CCCN. The van der Waals surface area contributed by atoms with Crippen molar-refractivity contribution in [2.24, 2.45) is 11.5 Å². The highest BCUT2D eigenvalue weighted by Crippen LogP contribution is 2.08. The van der Waals surface area contributed by atoms with Gasteiger partial charge in [0.25, 0.3) is 0 Å². The fourth-order valence-corrected chi connectivity index (χ4v) is 2.52. The van der Waals surface area contributed by atoms with Crippen molar-refractivity contribution in [3.05, 3.63) is 0 Å². The average Bonchev–Trinajstić information content (AvgIpc) is 2.33. The van der Waals surface area contributed by atoms with Gasteiger partial charge in [-0.1, -0.05) is 0 Å². The molecule has 0 aliphatic rings. The van der Waals surface area contributed by atoms with E-state index in [4.69, 9.17) is 11.5 Å². The van der Waals surface area contributed by atoms with E-state index in [9.17, 15) is 0 Å². The van der Waals surface area contributed by atoms with Gasteiger partial charge in [-0.05, 0) is 32.4 Å². The molecule has 0 aliphatic heterocycles. The Hall–Kier alpha value is -0.160. The number of rotatable bonds is 12. The van der Waals surface area contributed by atoms with Crippen molar-refractivity contribution >= 4 is 0 Å². The normalized spacial score (nSPS) is 12.9. The van der Waals surface area contributed by atoms with E-state index < -0.39 is 0 Å². The Morgan fingerprint density at radius 2 is 0.842 bits per heavy atom. The minimum Gasteiger partial charge on any atom is -0.330 e. The summed E-state index contributed by atoms with van der Waals surface area (Å²) in [6.07, 6.45) is 6.27.